The zero-order valence-electron chi connectivity index (χ0n) is 11.3. The molecule has 2 rings (SSSR count). The monoisotopic (exact) mass is 306 g/mol. The Morgan fingerprint density at radius 3 is 2.29 bits per heavy atom. The summed E-state index contributed by atoms with van der Waals surface area (Å²) in [5, 5.41) is 10.5. The van der Waals surface area contributed by atoms with Gasteiger partial charge < -0.3 is 11.1 Å². The van der Waals surface area contributed by atoms with Gasteiger partial charge in [0.05, 0.1) is 4.90 Å². The van der Waals surface area contributed by atoms with Crippen molar-refractivity contribution < 1.29 is 13.2 Å². The first-order chi connectivity index (χ1) is 9.86. The van der Waals surface area contributed by atoms with Crippen LogP contribution in [0, 0.1) is 0 Å². The molecule has 0 aliphatic carbocycles. The number of carbonyl (C=O) groups excluding carboxylic acids is 1. The number of nitrogens with one attached hydrogen (secondary N) is 1. The quantitative estimate of drug-likeness (QED) is 0.835. The Balaban J connectivity index is 2.01. The van der Waals surface area contributed by atoms with Crippen LogP contribution in [-0.4, -0.2) is 30.8 Å². The summed E-state index contributed by atoms with van der Waals surface area (Å²) in [5.74, 6) is -0.141. The summed E-state index contributed by atoms with van der Waals surface area (Å²) >= 11 is 0. The SMILES string of the molecule is CS(=O)(=O)c1ccc(CNc2ccc(C(N)=O)nn2)cc1. The smallest absolute Gasteiger partial charge is 0.269 e. The van der Waals surface area contributed by atoms with Crippen molar-refractivity contribution in [3.8, 4) is 0 Å². The number of benzene rings is 1. The summed E-state index contributed by atoms with van der Waals surface area (Å²) < 4.78 is 22.7. The fraction of sp³-hybridized carbons (Fsp3) is 0.154. The number of hydrogen-bond donors (Lipinski definition) is 2. The molecule has 0 aliphatic heterocycles. The summed E-state index contributed by atoms with van der Waals surface area (Å²) in [4.78, 5) is 11.1. The minimum atomic E-state index is -3.19. The van der Waals surface area contributed by atoms with Crippen molar-refractivity contribution in [1.82, 2.24) is 10.2 Å². The first-order valence-corrected chi connectivity index (χ1v) is 7.92. The number of hydrogen-bond acceptors (Lipinski definition) is 6. The van der Waals surface area contributed by atoms with Crippen LogP contribution in [0.5, 0.6) is 0 Å². The molecule has 1 heterocycles. The number of aromatic nitrogens is 2. The summed E-state index contributed by atoms with van der Waals surface area (Å²) in [6, 6.07) is 9.61. The van der Waals surface area contributed by atoms with Gasteiger partial charge >= 0.3 is 0 Å². The molecule has 8 heteroatoms. The average Bonchev–Trinajstić information content (AvgIpc) is 2.45. The molecular weight excluding hydrogens is 292 g/mol. The molecule has 2 aromatic rings. The maximum Gasteiger partial charge on any atom is 0.269 e. The van der Waals surface area contributed by atoms with Crippen LogP contribution >= 0.6 is 0 Å². The van der Waals surface area contributed by atoms with E-state index in [0.717, 1.165) is 11.8 Å². The Hall–Kier alpha value is -2.48. The molecule has 1 aromatic heterocycles. The number of carbonyl (C=O) groups is 1. The van der Waals surface area contributed by atoms with E-state index in [1.807, 2.05) is 0 Å². The second-order valence-electron chi connectivity index (χ2n) is 4.44. The highest BCUT2D eigenvalue weighted by Crippen LogP contribution is 2.11. The normalized spacial score (nSPS) is 11.1. The lowest BCUT2D eigenvalue weighted by atomic mass is 10.2. The third-order valence-corrected chi connectivity index (χ3v) is 3.87. The molecule has 0 saturated heterocycles. The van der Waals surface area contributed by atoms with Crippen LogP contribution in [0.1, 0.15) is 16.1 Å². The molecule has 21 heavy (non-hydrogen) atoms. The summed E-state index contributed by atoms with van der Waals surface area (Å²) in [7, 11) is -3.19. The Kier molecular flexibility index (Phi) is 4.18. The van der Waals surface area contributed by atoms with E-state index >= 15 is 0 Å². The third-order valence-electron chi connectivity index (χ3n) is 2.74. The lowest BCUT2D eigenvalue weighted by Gasteiger charge is -2.06. The van der Waals surface area contributed by atoms with E-state index in [-0.39, 0.29) is 10.6 Å². The molecule has 0 saturated carbocycles. The number of sulfone groups is 1. The average molecular weight is 306 g/mol. The van der Waals surface area contributed by atoms with Gasteiger partial charge in [-0.2, -0.15) is 0 Å². The number of nitrogens with zero attached hydrogens (tertiary/aromatic N) is 2. The van der Waals surface area contributed by atoms with Crippen molar-refractivity contribution in [2.45, 2.75) is 11.4 Å². The lowest BCUT2D eigenvalue weighted by molar-refractivity contribution is 0.0994. The topological polar surface area (TPSA) is 115 Å². The molecule has 0 bridgehead atoms. The lowest BCUT2D eigenvalue weighted by Crippen LogP contribution is -2.14. The number of anilines is 1. The fourth-order valence-electron chi connectivity index (χ4n) is 1.61. The molecule has 0 radical (unpaired) electrons. The van der Waals surface area contributed by atoms with Gasteiger partial charge in [-0.15, -0.1) is 10.2 Å². The highest BCUT2D eigenvalue weighted by Gasteiger charge is 2.06. The highest BCUT2D eigenvalue weighted by atomic mass is 32.2. The van der Waals surface area contributed by atoms with E-state index < -0.39 is 15.7 Å². The van der Waals surface area contributed by atoms with Crippen LogP contribution in [0.4, 0.5) is 5.82 Å². The number of rotatable bonds is 5. The molecule has 1 aromatic carbocycles. The zero-order chi connectivity index (χ0) is 15.5. The summed E-state index contributed by atoms with van der Waals surface area (Å²) in [6.45, 7) is 0.453. The van der Waals surface area contributed by atoms with Crippen molar-refractivity contribution in [3.63, 3.8) is 0 Å². The standard InChI is InChI=1S/C13H14N4O3S/c1-21(19,20)10-4-2-9(3-5-10)8-15-12-7-6-11(13(14)18)16-17-12/h2-7H,8H2,1H3,(H2,14,18)(H,15,17). The maximum absolute atomic E-state index is 11.3. The van der Waals surface area contributed by atoms with Crippen molar-refractivity contribution in [2.24, 2.45) is 5.73 Å². The van der Waals surface area contributed by atoms with Crippen molar-refractivity contribution in [2.75, 3.05) is 11.6 Å². The third kappa shape index (κ3) is 3.99. The van der Waals surface area contributed by atoms with Gasteiger partial charge in [-0.25, -0.2) is 8.42 Å². The van der Waals surface area contributed by atoms with Gasteiger partial charge in [0.2, 0.25) is 0 Å². The largest absolute Gasteiger partial charge is 0.365 e. The van der Waals surface area contributed by atoms with Gasteiger partial charge in [-0.1, -0.05) is 12.1 Å². The fourth-order valence-corrected chi connectivity index (χ4v) is 2.24. The minimum absolute atomic E-state index is 0.0954. The van der Waals surface area contributed by atoms with Crippen LogP contribution in [0.3, 0.4) is 0 Å². The van der Waals surface area contributed by atoms with Crippen molar-refractivity contribution in [1.29, 1.82) is 0 Å². The molecule has 0 unspecified atom stereocenters. The molecular formula is C13H14N4O3S. The minimum Gasteiger partial charge on any atom is -0.365 e. The molecule has 0 spiro atoms. The molecule has 110 valence electrons. The van der Waals surface area contributed by atoms with E-state index in [9.17, 15) is 13.2 Å². The van der Waals surface area contributed by atoms with E-state index in [1.54, 1.807) is 30.3 Å². The van der Waals surface area contributed by atoms with Crippen molar-refractivity contribution in [3.05, 3.63) is 47.7 Å². The Morgan fingerprint density at radius 1 is 1.14 bits per heavy atom. The Morgan fingerprint density at radius 2 is 1.81 bits per heavy atom. The van der Waals surface area contributed by atoms with Crippen LogP contribution in [0.2, 0.25) is 0 Å². The van der Waals surface area contributed by atoms with Gasteiger partial charge in [0.1, 0.15) is 5.82 Å². The first-order valence-electron chi connectivity index (χ1n) is 6.02. The van der Waals surface area contributed by atoms with Crippen molar-refractivity contribution >= 4 is 21.6 Å². The second kappa shape index (κ2) is 5.88. The van der Waals surface area contributed by atoms with Gasteiger partial charge in [-0.05, 0) is 29.8 Å². The van der Waals surface area contributed by atoms with Crippen LogP contribution < -0.4 is 11.1 Å². The number of nitrogens with two attached hydrogens (primary N) is 1. The molecule has 0 atom stereocenters. The predicted molar refractivity (Wildman–Crippen MR) is 77.4 cm³/mol. The Bertz CT molecular complexity index is 740. The predicted octanol–water partition coefficient (Wildman–Crippen LogP) is 0.591. The van der Waals surface area contributed by atoms with E-state index in [2.05, 4.69) is 15.5 Å². The maximum atomic E-state index is 11.3. The second-order valence-corrected chi connectivity index (χ2v) is 6.45. The number of amides is 1. The molecule has 1 amide bonds. The number of primary amides is 1. The zero-order valence-corrected chi connectivity index (χ0v) is 12.1. The molecule has 3 N–H and O–H groups in total. The van der Waals surface area contributed by atoms with Gasteiger partial charge in [0.25, 0.3) is 5.91 Å². The van der Waals surface area contributed by atoms with E-state index in [1.165, 1.54) is 6.07 Å². The van der Waals surface area contributed by atoms with Gasteiger partial charge in [0.15, 0.2) is 15.5 Å². The van der Waals surface area contributed by atoms with E-state index in [0.29, 0.717) is 12.4 Å². The summed E-state index contributed by atoms with van der Waals surface area (Å²) in [6.07, 6.45) is 1.16. The van der Waals surface area contributed by atoms with Crippen LogP contribution in [0.15, 0.2) is 41.3 Å². The van der Waals surface area contributed by atoms with Gasteiger partial charge in [0, 0.05) is 12.8 Å². The van der Waals surface area contributed by atoms with Crippen LogP contribution in [-0.2, 0) is 16.4 Å². The first kappa shape index (κ1) is 14.9. The summed E-state index contributed by atoms with van der Waals surface area (Å²) in [5.41, 5.74) is 6.05. The Labute approximate surface area is 122 Å². The molecule has 0 aliphatic rings. The van der Waals surface area contributed by atoms with E-state index in [4.69, 9.17) is 5.73 Å². The van der Waals surface area contributed by atoms with Crippen LogP contribution in [0.25, 0.3) is 0 Å². The van der Waals surface area contributed by atoms with Gasteiger partial charge in [-0.3, -0.25) is 4.79 Å². The molecule has 7 nitrogen and oxygen atoms in total. The molecule has 0 fully saturated rings. The highest BCUT2D eigenvalue weighted by molar-refractivity contribution is 7.90.